The van der Waals surface area contributed by atoms with Gasteiger partial charge in [0.1, 0.15) is 11.6 Å². The van der Waals surface area contributed by atoms with Crippen LogP contribution in [0.4, 0.5) is 17.6 Å². The fourth-order valence-electron chi connectivity index (χ4n) is 1.03. The number of methoxy groups -OCH3 is 1. The molecule has 0 heterocycles. The van der Waals surface area contributed by atoms with Crippen LogP contribution in [-0.4, -0.2) is 13.1 Å². The molecule has 1 rings (SSSR count). The van der Waals surface area contributed by atoms with Gasteiger partial charge in [-0.2, -0.15) is 0 Å². The molecule has 2 nitrogen and oxygen atoms in total. The highest BCUT2D eigenvalue weighted by Crippen LogP contribution is 2.26. The van der Waals surface area contributed by atoms with Crippen molar-refractivity contribution in [3.05, 3.63) is 34.9 Å². The molecule has 0 atom stereocenters. The monoisotopic (exact) mass is 222 g/mol. The molecule has 0 amide bonds. The third kappa shape index (κ3) is 2.26. The summed E-state index contributed by atoms with van der Waals surface area (Å²) in [5.41, 5.74) is -1.79. The van der Waals surface area contributed by atoms with Gasteiger partial charge in [-0.05, 0) is 12.1 Å². The van der Waals surface area contributed by atoms with Gasteiger partial charge in [-0.3, -0.25) is 0 Å². The zero-order chi connectivity index (χ0) is 11.6. The van der Waals surface area contributed by atoms with Crippen molar-refractivity contribution in [1.82, 2.24) is 0 Å². The van der Waals surface area contributed by atoms with Crippen LogP contribution in [0.5, 0.6) is 0 Å². The van der Waals surface area contributed by atoms with Crippen molar-refractivity contribution in [1.29, 1.82) is 0 Å². The van der Waals surface area contributed by atoms with Crippen LogP contribution in [-0.2, 0) is 4.74 Å². The Bertz CT molecular complexity index is 367. The number of alkyl halides is 2. The standard InChI is InChI=1S/C9H6F4O2/c1-15-9(14)4-2-5(10)7(8(12)13)6(11)3-4/h2-3,8H,1H3. The number of carbonyl (C=O) groups excluding carboxylic acids is 1. The van der Waals surface area contributed by atoms with E-state index >= 15 is 0 Å². The van der Waals surface area contributed by atoms with E-state index in [4.69, 9.17) is 0 Å². The summed E-state index contributed by atoms with van der Waals surface area (Å²) in [6, 6.07) is 1.02. The van der Waals surface area contributed by atoms with E-state index < -0.39 is 35.2 Å². The van der Waals surface area contributed by atoms with Gasteiger partial charge < -0.3 is 4.74 Å². The van der Waals surface area contributed by atoms with Crippen LogP contribution in [0.3, 0.4) is 0 Å². The molecule has 0 unspecified atom stereocenters. The first-order valence-electron chi connectivity index (χ1n) is 3.82. The molecule has 0 aliphatic carbocycles. The Morgan fingerprint density at radius 3 is 2.07 bits per heavy atom. The zero-order valence-corrected chi connectivity index (χ0v) is 7.56. The highest BCUT2D eigenvalue weighted by atomic mass is 19.3. The lowest BCUT2D eigenvalue weighted by Gasteiger charge is -2.05. The van der Waals surface area contributed by atoms with E-state index in [1.807, 2.05) is 0 Å². The summed E-state index contributed by atoms with van der Waals surface area (Å²) in [6.07, 6.45) is -3.27. The van der Waals surface area contributed by atoms with Crippen LogP contribution in [0.2, 0.25) is 0 Å². The van der Waals surface area contributed by atoms with Crippen molar-refractivity contribution in [2.24, 2.45) is 0 Å². The molecular formula is C9H6F4O2. The van der Waals surface area contributed by atoms with Crippen LogP contribution in [0, 0.1) is 11.6 Å². The fraction of sp³-hybridized carbons (Fsp3) is 0.222. The second-order valence-corrected chi connectivity index (χ2v) is 2.65. The minimum atomic E-state index is -3.27. The van der Waals surface area contributed by atoms with Gasteiger partial charge in [0, 0.05) is 0 Å². The molecule has 0 saturated heterocycles. The van der Waals surface area contributed by atoms with Crippen molar-refractivity contribution in [2.45, 2.75) is 6.43 Å². The first-order valence-corrected chi connectivity index (χ1v) is 3.82. The quantitative estimate of drug-likeness (QED) is 0.568. The van der Waals surface area contributed by atoms with Gasteiger partial charge >= 0.3 is 5.97 Å². The fourth-order valence-corrected chi connectivity index (χ4v) is 1.03. The Kier molecular flexibility index (Phi) is 3.28. The topological polar surface area (TPSA) is 26.3 Å². The molecule has 0 aromatic heterocycles. The number of benzene rings is 1. The average molecular weight is 222 g/mol. The third-order valence-electron chi connectivity index (χ3n) is 1.72. The molecule has 0 fully saturated rings. The maximum atomic E-state index is 12.9. The van der Waals surface area contributed by atoms with Crippen molar-refractivity contribution in [3.63, 3.8) is 0 Å². The Labute approximate surface area is 82.5 Å². The van der Waals surface area contributed by atoms with Gasteiger partial charge in [-0.15, -0.1) is 0 Å². The number of hydrogen-bond acceptors (Lipinski definition) is 2. The highest BCUT2D eigenvalue weighted by molar-refractivity contribution is 5.89. The normalized spacial score (nSPS) is 10.5. The zero-order valence-electron chi connectivity index (χ0n) is 7.56. The predicted molar refractivity (Wildman–Crippen MR) is 42.7 cm³/mol. The molecule has 1 aromatic rings. The molecular weight excluding hydrogens is 216 g/mol. The van der Waals surface area contributed by atoms with Gasteiger partial charge in [0.15, 0.2) is 0 Å². The molecule has 6 heteroatoms. The second kappa shape index (κ2) is 4.29. The molecule has 0 N–H and O–H groups in total. The molecule has 0 aliphatic rings. The maximum Gasteiger partial charge on any atom is 0.338 e. The average Bonchev–Trinajstić information content (AvgIpc) is 2.14. The molecule has 15 heavy (non-hydrogen) atoms. The van der Waals surface area contributed by atoms with E-state index in [1.54, 1.807) is 0 Å². The lowest BCUT2D eigenvalue weighted by atomic mass is 10.1. The molecule has 0 bridgehead atoms. The summed E-state index contributed by atoms with van der Waals surface area (Å²) >= 11 is 0. The van der Waals surface area contributed by atoms with Gasteiger partial charge in [-0.1, -0.05) is 0 Å². The van der Waals surface area contributed by atoms with E-state index in [-0.39, 0.29) is 0 Å². The SMILES string of the molecule is COC(=O)c1cc(F)c(C(F)F)c(F)c1. The smallest absolute Gasteiger partial charge is 0.338 e. The van der Waals surface area contributed by atoms with E-state index in [9.17, 15) is 22.4 Å². The van der Waals surface area contributed by atoms with Crippen molar-refractivity contribution < 1.29 is 27.1 Å². The minimum absolute atomic E-state index is 0.447. The second-order valence-electron chi connectivity index (χ2n) is 2.65. The first-order chi connectivity index (χ1) is 6.97. The number of ether oxygens (including phenoxy) is 1. The molecule has 82 valence electrons. The predicted octanol–water partition coefficient (Wildman–Crippen LogP) is 2.69. The number of esters is 1. The van der Waals surface area contributed by atoms with E-state index in [0.717, 1.165) is 7.11 Å². The van der Waals surface area contributed by atoms with E-state index in [1.165, 1.54) is 0 Å². The Morgan fingerprint density at radius 2 is 1.73 bits per heavy atom. The molecule has 1 aromatic carbocycles. The summed E-state index contributed by atoms with van der Waals surface area (Å²) in [5.74, 6) is -3.93. The van der Waals surface area contributed by atoms with Crippen molar-refractivity contribution in [3.8, 4) is 0 Å². The molecule has 0 radical (unpaired) electrons. The number of hydrogen-bond donors (Lipinski definition) is 0. The van der Waals surface area contributed by atoms with Crippen LogP contribution in [0.15, 0.2) is 12.1 Å². The highest BCUT2D eigenvalue weighted by Gasteiger charge is 2.21. The van der Waals surface area contributed by atoms with Crippen molar-refractivity contribution in [2.75, 3.05) is 7.11 Å². The lowest BCUT2D eigenvalue weighted by molar-refractivity contribution is 0.0598. The maximum absolute atomic E-state index is 12.9. The van der Waals surface area contributed by atoms with Crippen LogP contribution in [0.25, 0.3) is 0 Å². The molecule has 0 aliphatic heterocycles. The summed E-state index contributed by atoms with van der Waals surface area (Å²) in [5, 5.41) is 0. The van der Waals surface area contributed by atoms with E-state index in [2.05, 4.69) is 4.74 Å². The third-order valence-corrected chi connectivity index (χ3v) is 1.72. The van der Waals surface area contributed by atoms with Gasteiger partial charge in [-0.25, -0.2) is 22.4 Å². The Hall–Kier alpha value is -1.59. The van der Waals surface area contributed by atoms with Crippen LogP contribution >= 0.6 is 0 Å². The largest absolute Gasteiger partial charge is 0.465 e. The summed E-state index contributed by atoms with van der Waals surface area (Å²) in [7, 11) is 1.01. The van der Waals surface area contributed by atoms with Crippen LogP contribution in [0.1, 0.15) is 22.3 Å². The van der Waals surface area contributed by atoms with Gasteiger partial charge in [0.2, 0.25) is 0 Å². The number of carbonyl (C=O) groups is 1. The van der Waals surface area contributed by atoms with Crippen molar-refractivity contribution >= 4 is 5.97 Å². The minimum Gasteiger partial charge on any atom is -0.465 e. The number of rotatable bonds is 2. The summed E-state index contributed by atoms with van der Waals surface area (Å²) < 4.78 is 54.3. The van der Waals surface area contributed by atoms with E-state index in [0.29, 0.717) is 12.1 Å². The summed E-state index contributed by atoms with van der Waals surface area (Å²) in [4.78, 5) is 10.9. The molecule has 0 spiro atoms. The lowest BCUT2D eigenvalue weighted by Crippen LogP contribution is -2.05. The van der Waals surface area contributed by atoms with Gasteiger partial charge in [0.05, 0.1) is 18.2 Å². The first kappa shape index (κ1) is 11.5. The summed E-state index contributed by atoms with van der Waals surface area (Å²) in [6.45, 7) is 0. The molecule has 0 saturated carbocycles. The Morgan fingerprint density at radius 1 is 1.27 bits per heavy atom. The Balaban J connectivity index is 3.25. The number of halogens is 4. The van der Waals surface area contributed by atoms with Crippen LogP contribution < -0.4 is 0 Å². The van der Waals surface area contributed by atoms with Gasteiger partial charge in [0.25, 0.3) is 6.43 Å².